The first-order chi connectivity index (χ1) is 14.4. The molecule has 0 saturated heterocycles. The maximum absolute atomic E-state index is 11.9. The molecule has 0 amide bonds. The van der Waals surface area contributed by atoms with Crippen LogP contribution in [0.15, 0.2) is 0 Å². The Hall–Kier alpha value is 0.137. The van der Waals surface area contributed by atoms with Crippen LogP contribution in [0, 0.1) is 17.8 Å². The van der Waals surface area contributed by atoms with Gasteiger partial charge in [0.05, 0.1) is 0 Å². The Balaban J connectivity index is 2.72. The van der Waals surface area contributed by atoms with Crippen molar-refractivity contribution in [3.8, 4) is 0 Å². The average molecular weight is 479 g/mol. The molecule has 0 aromatic carbocycles. The lowest BCUT2D eigenvalue weighted by atomic mass is 9.75. The van der Waals surface area contributed by atoms with Crippen molar-refractivity contribution in [2.45, 2.75) is 79.2 Å². The zero-order valence-corrected chi connectivity index (χ0v) is 22.2. The third-order valence-electron chi connectivity index (χ3n) is 5.69. The number of hydrogen-bond donors (Lipinski definition) is 0. The molecule has 1 saturated carbocycles. The van der Waals surface area contributed by atoms with Gasteiger partial charge in [0, 0.05) is 50.2 Å². The smallest absolute Gasteiger partial charge is 0.374 e. The molecule has 0 N–H and O–H groups in total. The van der Waals surface area contributed by atoms with Crippen molar-refractivity contribution in [1.29, 1.82) is 0 Å². The van der Waals surface area contributed by atoms with Crippen molar-refractivity contribution in [3.05, 3.63) is 0 Å². The molecule has 3 unspecified atom stereocenters. The molecule has 0 bridgehead atoms. The van der Waals surface area contributed by atoms with Gasteiger partial charge in [-0.1, -0.05) is 43.8 Å². The second-order valence-electron chi connectivity index (χ2n) is 7.79. The summed E-state index contributed by atoms with van der Waals surface area (Å²) in [5.41, 5.74) is 0. The summed E-state index contributed by atoms with van der Waals surface area (Å²) >= 11 is 2.96. The van der Waals surface area contributed by atoms with E-state index in [9.17, 15) is 9.59 Å². The highest BCUT2D eigenvalue weighted by Gasteiger charge is 2.41. The van der Waals surface area contributed by atoms with E-state index in [1.54, 1.807) is 0 Å². The van der Waals surface area contributed by atoms with E-state index in [2.05, 4.69) is 0 Å². The van der Waals surface area contributed by atoms with Crippen LogP contribution in [0.4, 0.5) is 0 Å². The number of carbonyl (C=O) groups excluding carboxylic acids is 2. The molecule has 0 aromatic heterocycles. The molecule has 5 nitrogen and oxygen atoms in total. The fourth-order valence-corrected chi connectivity index (χ4v) is 8.92. The van der Waals surface area contributed by atoms with Crippen LogP contribution in [0.5, 0.6) is 0 Å². The van der Waals surface area contributed by atoms with Crippen LogP contribution in [0.3, 0.4) is 0 Å². The fraction of sp³-hybridized carbons (Fsp3) is 0.909. The topological polar surface area (TPSA) is 61.8 Å². The van der Waals surface area contributed by atoms with Crippen LogP contribution >= 0.6 is 23.5 Å². The van der Waals surface area contributed by atoms with Crippen molar-refractivity contribution in [3.63, 3.8) is 0 Å². The molecule has 0 spiro atoms. The summed E-state index contributed by atoms with van der Waals surface area (Å²) < 4.78 is 18.1. The molecular formula is C22H42O5S2Si. The van der Waals surface area contributed by atoms with E-state index in [0.717, 1.165) is 36.8 Å². The van der Waals surface area contributed by atoms with Gasteiger partial charge in [-0.05, 0) is 57.8 Å². The molecule has 1 fully saturated rings. The molecule has 1 aliphatic rings. The van der Waals surface area contributed by atoms with Crippen LogP contribution < -0.4 is 0 Å². The number of thioether (sulfide) groups is 2. The number of carbonyl (C=O) groups is 2. The van der Waals surface area contributed by atoms with E-state index >= 15 is 0 Å². The van der Waals surface area contributed by atoms with Crippen LogP contribution in [-0.2, 0) is 22.9 Å². The molecule has 3 atom stereocenters. The van der Waals surface area contributed by atoms with Gasteiger partial charge in [-0.25, -0.2) is 0 Å². The number of hydrogen-bond acceptors (Lipinski definition) is 7. The van der Waals surface area contributed by atoms with Crippen molar-refractivity contribution in [2.75, 3.05) is 31.3 Å². The van der Waals surface area contributed by atoms with Gasteiger partial charge in [0.15, 0.2) is 10.2 Å². The van der Waals surface area contributed by atoms with E-state index < -0.39 is 8.80 Å². The van der Waals surface area contributed by atoms with Gasteiger partial charge in [-0.15, -0.1) is 0 Å². The van der Waals surface area contributed by atoms with Crippen LogP contribution in [0.1, 0.15) is 73.1 Å². The lowest BCUT2D eigenvalue weighted by Gasteiger charge is -2.37. The van der Waals surface area contributed by atoms with Gasteiger partial charge in [0.1, 0.15) is 0 Å². The van der Waals surface area contributed by atoms with E-state index in [-0.39, 0.29) is 10.2 Å². The minimum atomic E-state index is -2.60. The van der Waals surface area contributed by atoms with Crippen molar-refractivity contribution in [1.82, 2.24) is 0 Å². The SMILES string of the molecule is CCO[Si](CCC1CCC(CSC(=O)CC)C(CSC(=O)CC)C1)(OCC)OCC. The van der Waals surface area contributed by atoms with E-state index in [0.29, 0.717) is 50.4 Å². The lowest BCUT2D eigenvalue weighted by Crippen LogP contribution is -2.46. The Morgan fingerprint density at radius 1 is 0.800 bits per heavy atom. The van der Waals surface area contributed by atoms with Crippen molar-refractivity contribution < 1.29 is 22.9 Å². The highest BCUT2D eigenvalue weighted by Crippen LogP contribution is 2.40. The predicted molar refractivity (Wildman–Crippen MR) is 130 cm³/mol. The fourth-order valence-electron chi connectivity index (χ4n) is 4.10. The van der Waals surface area contributed by atoms with Gasteiger partial charge in [0.2, 0.25) is 0 Å². The predicted octanol–water partition coefficient (Wildman–Crippen LogP) is 5.80. The highest BCUT2D eigenvalue weighted by atomic mass is 32.2. The molecule has 0 aromatic rings. The summed E-state index contributed by atoms with van der Waals surface area (Å²) in [5, 5.41) is 0.540. The molecule has 176 valence electrons. The Bertz CT molecular complexity index is 489. The summed E-state index contributed by atoms with van der Waals surface area (Å²) in [6.07, 6.45) is 5.63. The largest absolute Gasteiger partial charge is 0.500 e. The van der Waals surface area contributed by atoms with E-state index in [1.807, 2.05) is 34.6 Å². The molecule has 0 radical (unpaired) electrons. The minimum Gasteiger partial charge on any atom is -0.374 e. The van der Waals surface area contributed by atoms with Crippen molar-refractivity contribution >= 4 is 42.6 Å². The van der Waals surface area contributed by atoms with Crippen LogP contribution in [0.25, 0.3) is 0 Å². The zero-order valence-electron chi connectivity index (χ0n) is 19.6. The summed E-state index contributed by atoms with van der Waals surface area (Å²) in [4.78, 5) is 23.7. The highest BCUT2D eigenvalue weighted by molar-refractivity contribution is 8.14. The molecule has 1 rings (SSSR count). The van der Waals surface area contributed by atoms with Gasteiger partial charge in [0.25, 0.3) is 0 Å². The van der Waals surface area contributed by atoms with Gasteiger partial charge in [-0.2, -0.15) is 0 Å². The summed E-state index contributed by atoms with van der Waals surface area (Å²) in [6.45, 7) is 11.7. The third-order valence-corrected chi connectivity index (χ3v) is 11.2. The summed E-state index contributed by atoms with van der Waals surface area (Å²) in [5.74, 6) is 3.37. The maximum atomic E-state index is 11.9. The zero-order chi connectivity index (χ0) is 22.4. The summed E-state index contributed by atoms with van der Waals surface area (Å²) in [6, 6.07) is 0.856. The van der Waals surface area contributed by atoms with Crippen LogP contribution in [-0.4, -0.2) is 50.4 Å². The standard InChI is InChI=1S/C22H42O5S2Si/c1-6-21(23)28-16-19-12-11-18(15-20(19)17-29-22(24)7-2)13-14-30(25-8-3,26-9-4)27-10-5/h18-20H,6-17H2,1-5H3. The quantitative estimate of drug-likeness (QED) is 0.276. The molecular weight excluding hydrogens is 436 g/mol. The average Bonchev–Trinajstić information content (AvgIpc) is 2.75. The lowest BCUT2D eigenvalue weighted by molar-refractivity contribution is -0.111. The summed E-state index contributed by atoms with van der Waals surface area (Å²) in [7, 11) is -2.60. The maximum Gasteiger partial charge on any atom is 0.500 e. The Morgan fingerprint density at radius 3 is 1.77 bits per heavy atom. The van der Waals surface area contributed by atoms with Gasteiger partial charge < -0.3 is 13.3 Å². The normalized spacial score (nSPS) is 22.2. The van der Waals surface area contributed by atoms with Crippen LogP contribution in [0.2, 0.25) is 6.04 Å². The van der Waals surface area contributed by atoms with E-state index in [1.165, 1.54) is 29.9 Å². The minimum absolute atomic E-state index is 0.267. The number of rotatable bonds is 15. The Kier molecular flexibility index (Phi) is 14.9. The molecule has 0 heterocycles. The Morgan fingerprint density at radius 2 is 1.30 bits per heavy atom. The monoisotopic (exact) mass is 478 g/mol. The van der Waals surface area contributed by atoms with Crippen molar-refractivity contribution in [2.24, 2.45) is 17.8 Å². The first kappa shape index (κ1) is 28.2. The van der Waals surface area contributed by atoms with Gasteiger partial charge in [-0.3, -0.25) is 9.59 Å². The first-order valence-electron chi connectivity index (χ1n) is 11.7. The third kappa shape index (κ3) is 10.2. The van der Waals surface area contributed by atoms with Gasteiger partial charge >= 0.3 is 8.80 Å². The molecule has 8 heteroatoms. The molecule has 0 aliphatic heterocycles. The second-order valence-corrected chi connectivity index (χ2v) is 12.7. The molecule has 30 heavy (non-hydrogen) atoms. The van der Waals surface area contributed by atoms with E-state index in [4.69, 9.17) is 13.3 Å². The first-order valence-corrected chi connectivity index (χ1v) is 15.6. The molecule has 1 aliphatic carbocycles. The Labute approximate surface area is 193 Å². The second kappa shape index (κ2) is 15.9.